The minimum atomic E-state index is -1.00. The number of hydrogen-bond donors (Lipinski definition) is 2. The number of carboxylic acids is 2. The van der Waals surface area contributed by atoms with Gasteiger partial charge >= 0.3 is 11.9 Å². The molecule has 0 aliphatic carbocycles. The zero-order valence-electron chi connectivity index (χ0n) is 11.1. The Kier molecular flexibility index (Phi) is 4.08. The molecule has 0 bridgehead atoms. The molecule has 0 atom stereocenters. The quantitative estimate of drug-likeness (QED) is 0.834. The zero-order chi connectivity index (χ0) is 15.4. The van der Waals surface area contributed by atoms with E-state index >= 15 is 0 Å². The molecule has 0 fully saturated rings. The van der Waals surface area contributed by atoms with Crippen LogP contribution in [0.15, 0.2) is 52.7 Å². The Labute approximate surface area is 120 Å². The number of azo groups is 1. The van der Waals surface area contributed by atoms with Gasteiger partial charge in [-0.25, -0.2) is 9.59 Å². The molecular weight excluding hydrogens is 272 g/mol. The van der Waals surface area contributed by atoms with Crippen LogP contribution >= 0.6 is 0 Å². The van der Waals surface area contributed by atoms with Gasteiger partial charge < -0.3 is 10.2 Å². The molecule has 21 heavy (non-hydrogen) atoms. The van der Waals surface area contributed by atoms with Gasteiger partial charge in [-0.1, -0.05) is 0 Å². The van der Waals surface area contributed by atoms with Crippen LogP contribution in [0.25, 0.3) is 0 Å². The van der Waals surface area contributed by atoms with Gasteiger partial charge in [0.1, 0.15) is 0 Å². The topological polar surface area (TPSA) is 99.3 Å². The van der Waals surface area contributed by atoms with Crippen molar-refractivity contribution < 1.29 is 19.8 Å². The normalized spacial score (nSPS) is 10.7. The van der Waals surface area contributed by atoms with Crippen LogP contribution in [0.2, 0.25) is 0 Å². The van der Waals surface area contributed by atoms with Crippen molar-refractivity contribution in [2.45, 2.75) is 6.92 Å². The van der Waals surface area contributed by atoms with Crippen LogP contribution in [0, 0.1) is 6.92 Å². The highest BCUT2D eigenvalue weighted by Gasteiger charge is 2.05. The van der Waals surface area contributed by atoms with E-state index in [0.717, 1.165) is 0 Å². The molecule has 0 unspecified atom stereocenters. The van der Waals surface area contributed by atoms with E-state index in [-0.39, 0.29) is 11.1 Å². The molecule has 0 radical (unpaired) electrons. The maximum Gasteiger partial charge on any atom is 0.335 e. The zero-order valence-corrected chi connectivity index (χ0v) is 11.1. The summed E-state index contributed by atoms with van der Waals surface area (Å²) < 4.78 is 0. The van der Waals surface area contributed by atoms with Crippen molar-refractivity contribution in [3.8, 4) is 0 Å². The molecule has 2 rings (SSSR count). The first kappa shape index (κ1) is 14.4. The van der Waals surface area contributed by atoms with Crippen LogP contribution in [0.3, 0.4) is 0 Å². The fourth-order valence-electron chi connectivity index (χ4n) is 1.68. The van der Waals surface area contributed by atoms with E-state index in [1.54, 1.807) is 25.1 Å². The summed E-state index contributed by atoms with van der Waals surface area (Å²) in [6.45, 7) is 1.74. The van der Waals surface area contributed by atoms with E-state index in [1.807, 2.05) is 0 Å². The molecule has 106 valence electrons. The molecule has 0 aromatic heterocycles. The van der Waals surface area contributed by atoms with Crippen LogP contribution in [-0.4, -0.2) is 22.2 Å². The van der Waals surface area contributed by atoms with Crippen LogP contribution in [0.4, 0.5) is 11.4 Å². The average Bonchev–Trinajstić information content (AvgIpc) is 2.46. The maximum absolute atomic E-state index is 10.8. The van der Waals surface area contributed by atoms with Crippen molar-refractivity contribution in [1.82, 2.24) is 0 Å². The first-order chi connectivity index (χ1) is 9.97. The van der Waals surface area contributed by atoms with Crippen LogP contribution in [0.5, 0.6) is 0 Å². The molecule has 2 aromatic carbocycles. The predicted octanol–water partition coefficient (Wildman–Crippen LogP) is 3.81. The van der Waals surface area contributed by atoms with Crippen molar-refractivity contribution in [3.05, 3.63) is 59.2 Å². The van der Waals surface area contributed by atoms with Gasteiger partial charge in [-0.3, -0.25) is 0 Å². The lowest BCUT2D eigenvalue weighted by Crippen LogP contribution is -1.95. The van der Waals surface area contributed by atoms with Crippen molar-refractivity contribution in [2.75, 3.05) is 0 Å². The van der Waals surface area contributed by atoms with E-state index in [2.05, 4.69) is 10.2 Å². The third kappa shape index (κ3) is 3.50. The number of nitrogens with zero attached hydrogens (tertiary/aromatic N) is 2. The monoisotopic (exact) mass is 284 g/mol. The van der Waals surface area contributed by atoms with Gasteiger partial charge in [0.25, 0.3) is 0 Å². The van der Waals surface area contributed by atoms with E-state index in [0.29, 0.717) is 16.9 Å². The SMILES string of the molecule is Cc1cc(C(=O)O)ccc1N=Nc1ccc(C(=O)O)cc1. The summed E-state index contributed by atoms with van der Waals surface area (Å²) in [5.74, 6) is -2.00. The lowest BCUT2D eigenvalue weighted by molar-refractivity contribution is 0.0686. The van der Waals surface area contributed by atoms with Crippen molar-refractivity contribution >= 4 is 23.3 Å². The molecule has 0 saturated heterocycles. The molecule has 0 heterocycles. The van der Waals surface area contributed by atoms with Gasteiger partial charge in [0.15, 0.2) is 0 Å². The highest BCUT2D eigenvalue weighted by atomic mass is 16.4. The number of carboxylic acid groups (broad SMARTS) is 2. The molecule has 0 aliphatic heterocycles. The summed E-state index contributed by atoms with van der Waals surface area (Å²) in [4.78, 5) is 21.5. The summed E-state index contributed by atoms with van der Waals surface area (Å²) in [6.07, 6.45) is 0. The van der Waals surface area contributed by atoms with Gasteiger partial charge in [-0.15, -0.1) is 0 Å². The second-order valence-corrected chi connectivity index (χ2v) is 4.36. The minimum Gasteiger partial charge on any atom is -0.478 e. The van der Waals surface area contributed by atoms with Crippen molar-refractivity contribution in [3.63, 3.8) is 0 Å². The Morgan fingerprint density at radius 1 is 0.857 bits per heavy atom. The van der Waals surface area contributed by atoms with E-state index in [4.69, 9.17) is 10.2 Å². The fourth-order valence-corrected chi connectivity index (χ4v) is 1.68. The minimum absolute atomic E-state index is 0.177. The second-order valence-electron chi connectivity index (χ2n) is 4.36. The molecule has 0 aliphatic rings. The van der Waals surface area contributed by atoms with Crippen LogP contribution in [-0.2, 0) is 0 Å². The van der Waals surface area contributed by atoms with Crippen LogP contribution in [0.1, 0.15) is 26.3 Å². The maximum atomic E-state index is 10.8. The molecule has 0 spiro atoms. The predicted molar refractivity (Wildman–Crippen MR) is 75.7 cm³/mol. The van der Waals surface area contributed by atoms with Crippen LogP contribution < -0.4 is 0 Å². The Bertz CT molecular complexity index is 721. The summed E-state index contributed by atoms with van der Waals surface area (Å²) in [7, 11) is 0. The molecular formula is C15H12N2O4. The highest BCUT2D eigenvalue weighted by molar-refractivity contribution is 5.88. The first-order valence-corrected chi connectivity index (χ1v) is 6.06. The molecule has 0 amide bonds. The Morgan fingerprint density at radius 3 is 1.95 bits per heavy atom. The largest absolute Gasteiger partial charge is 0.478 e. The molecule has 6 nitrogen and oxygen atoms in total. The van der Waals surface area contributed by atoms with Gasteiger partial charge in [0.05, 0.1) is 22.5 Å². The Balaban J connectivity index is 2.21. The Morgan fingerprint density at radius 2 is 1.43 bits per heavy atom. The Hall–Kier alpha value is -3.02. The highest BCUT2D eigenvalue weighted by Crippen LogP contribution is 2.23. The van der Waals surface area contributed by atoms with Gasteiger partial charge in [0.2, 0.25) is 0 Å². The summed E-state index contributed by atoms with van der Waals surface area (Å²) in [5, 5.41) is 25.7. The third-order valence-corrected chi connectivity index (χ3v) is 2.83. The number of carbonyl (C=O) groups is 2. The number of aryl methyl sites for hydroxylation is 1. The first-order valence-electron chi connectivity index (χ1n) is 6.06. The average molecular weight is 284 g/mol. The number of rotatable bonds is 4. The fraction of sp³-hybridized carbons (Fsp3) is 0.0667. The van der Waals surface area contributed by atoms with Gasteiger partial charge in [0, 0.05) is 0 Å². The molecule has 2 N–H and O–H groups in total. The summed E-state index contributed by atoms with van der Waals surface area (Å²) in [5.41, 5.74) is 2.14. The van der Waals surface area contributed by atoms with Gasteiger partial charge in [-0.2, -0.15) is 10.2 Å². The van der Waals surface area contributed by atoms with E-state index < -0.39 is 11.9 Å². The van der Waals surface area contributed by atoms with E-state index in [1.165, 1.54) is 24.3 Å². The number of benzene rings is 2. The third-order valence-electron chi connectivity index (χ3n) is 2.83. The lowest BCUT2D eigenvalue weighted by atomic mass is 10.1. The number of hydrogen-bond acceptors (Lipinski definition) is 4. The molecule has 2 aromatic rings. The molecule has 6 heteroatoms. The second kappa shape index (κ2) is 5.96. The standard InChI is InChI=1S/C15H12N2O4/c1-9-8-11(15(20)21)4-7-13(9)17-16-12-5-2-10(3-6-12)14(18)19/h2-8H,1H3,(H,18,19)(H,20,21). The summed E-state index contributed by atoms with van der Waals surface area (Å²) in [6, 6.07) is 10.5. The van der Waals surface area contributed by atoms with Crippen molar-refractivity contribution in [2.24, 2.45) is 10.2 Å². The summed E-state index contributed by atoms with van der Waals surface area (Å²) >= 11 is 0. The lowest BCUT2D eigenvalue weighted by Gasteiger charge is -2.01. The number of aromatic carboxylic acids is 2. The molecule has 0 saturated carbocycles. The van der Waals surface area contributed by atoms with E-state index in [9.17, 15) is 9.59 Å². The van der Waals surface area contributed by atoms with Gasteiger partial charge in [-0.05, 0) is 55.0 Å². The smallest absolute Gasteiger partial charge is 0.335 e. The van der Waals surface area contributed by atoms with Crippen molar-refractivity contribution in [1.29, 1.82) is 0 Å².